The highest BCUT2D eigenvalue weighted by Gasteiger charge is 2.50. The van der Waals surface area contributed by atoms with E-state index in [2.05, 4.69) is 26.1 Å². The van der Waals surface area contributed by atoms with Gasteiger partial charge < -0.3 is 9.79 Å². The molecule has 2 rings (SSSR count). The van der Waals surface area contributed by atoms with Gasteiger partial charge in [0.2, 0.25) is 0 Å². The lowest BCUT2D eigenvalue weighted by molar-refractivity contribution is 0.0565. The molecule has 0 radical (unpaired) electrons. The van der Waals surface area contributed by atoms with E-state index in [1.54, 1.807) is 0 Å². The predicted octanol–water partition coefficient (Wildman–Crippen LogP) is 2.55. The van der Waals surface area contributed by atoms with Crippen LogP contribution in [-0.4, -0.2) is 20.0 Å². The quantitative estimate of drug-likeness (QED) is 0.740. The summed E-state index contributed by atoms with van der Waals surface area (Å²) in [4.78, 5) is 17.3. The van der Waals surface area contributed by atoms with Gasteiger partial charge in [-0.3, -0.25) is 9.66 Å². The van der Waals surface area contributed by atoms with Crippen molar-refractivity contribution in [2.75, 3.05) is 0 Å². The number of aromatic amines is 1. The first-order chi connectivity index (χ1) is 7.73. The van der Waals surface area contributed by atoms with Crippen molar-refractivity contribution < 1.29 is 23.1 Å². The van der Waals surface area contributed by atoms with E-state index >= 15 is 0 Å². The van der Waals surface area contributed by atoms with Crippen molar-refractivity contribution in [2.24, 2.45) is 0 Å². The van der Waals surface area contributed by atoms with Gasteiger partial charge in [0, 0.05) is 15.4 Å². The maximum atomic E-state index is 13.5. The summed E-state index contributed by atoms with van der Waals surface area (Å²) in [6.07, 6.45) is 1.42. The maximum absolute atomic E-state index is 13.5. The van der Waals surface area contributed by atoms with Crippen molar-refractivity contribution in [1.82, 2.24) is 10.2 Å². The fourth-order valence-electron chi connectivity index (χ4n) is 1.35. The van der Waals surface area contributed by atoms with Gasteiger partial charge >= 0.3 is 13.3 Å². The molecule has 0 aliphatic rings. The van der Waals surface area contributed by atoms with Crippen LogP contribution < -0.4 is 0 Å². The van der Waals surface area contributed by atoms with Crippen molar-refractivity contribution >= 4 is 34.4 Å². The standard InChI is InChI=1S/C8H6BrF2N2O3P/c9-6-1-4(8(10,11)17(14,15)16)2-7-5(6)3-12-13-7/h1-3H,(H,12,13)(H2,14,15,16). The molecule has 0 aliphatic carbocycles. The third kappa shape index (κ3) is 2.01. The molecule has 0 aliphatic heterocycles. The van der Waals surface area contributed by atoms with Gasteiger partial charge in [-0.1, -0.05) is 15.9 Å². The number of aromatic nitrogens is 2. The number of nitrogens with one attached hydrogen (secondary N) is 1. The Labute approximate surface area is 102 Å². The number of alkyl halides is 2. The molecule has 5 nitrogen and oxygen atoms in total. The predicted molar refractivity (Wildman–Crippen MR) is 59.7 cm³/mol. The maximum Gasteiger partial charge on any atom is 0.399 e. The third-order valence-electron chi connectivity index (χ3n) is 2.22. The molecule has 0 spiro atoms. The molecule has 0 atom stereocenters. The number of nitrogens with zero attached hydrogens (tertiary/aromatic N) is 1. The minimum atomic E-state index is -5.56. The fraction of sp³-hybridized carbons (Fsp3) is 0.125. The smallest absolute Gasteiger partial charge is 0.320 e. The van der Waals surface area contributed by atoms with Crippen LogP contribution in [0.1, 0.15) is 5.56 Å². The Morgan fingerprint density at radius 3 is 2.65 bits per heavy atom. The van der Waals surface area contributed by atoms with Crippen LogP contribution in [-0.2, 0) is 10.2 Å². The zero-order valence-electron chi connectivity index (χ0n) is 8.06. The first kappa shape index (κ1) is 12.6. The van der Waals surface area contributed by atoms with Gasteiger partial charge in [0.1, 0.15) is 0 Å². The minimum Gasteiger partial charge on any atom is -0.320 e. The lowest BCUT2D eigenvalue weighted by Gasteiger charge is -2.18. The highest BCUT2D eigenvalue weighted by Crippen LogP contribution is 2.59. The summed E-state index contributed by atoms with van der Waals surface area (Å²) < 4.78 is 37.9. The van der Waals surface area contributed by atoms with E-state index in [1.807, 2.05) is 0 Å². The van der Waals surface area contributed by atoms with Crippen LogP contribution in [0.5, 0.6) is 0 Å². The van der Waals surface area contributed by atoms with Gasteiger partial charge in [-0.05, 0) is 12.1 Å². The van der Waals surface area contributed by atoms with E-state index in [1.165, 1.54) is 6.20 Å². The highest BCUT2D eigenvalue weighted by molar-refractivity contribution is 9.10. The second-order valence-electron chi connectivity index (χ2n) is 3.37. The van der Waals surface area contributed by atoms with E-state index in [0.29, 0.717) is 5.39 Å². The molecule has 1 aromatic carbocycles. The molecular weight excluding hydrogens is 321 g/mol. The van der Waals surface area contributed by atoms with Crippen molar-refractivity contribution in [3.63, 3.8) is 0 Å². The van der Waals surface area contributed by atoms with Crippen molar-refractivity contribution in [2.45, 2.75) is 5.66 Å². The Balaban J connectivity index is 2.68. The summed E-state index contributed by atoms with van der Waals surface area (Å²) in [6, 6.07) is 1.93. The Morgan fingerprint density at radius 2 is 2.06 bits per heavy atom. The van der Waals surface area contributed by atoms with Crippen LogP contribution in [0.2, 0.25) is 0 Å². The second-order valence-corrected chi connectivity index (χ2v) is 5.88. The molecule has 1 heterocycles. The van der Waals surface area contributed by atoms with Gasteiger partial charge in [0.05, 0.1) is 11.7 Å². The summed E-state index contributed by atoms with van der Waals surface area (Å²) in [7, 11) is -5.56. The summed E-state index contributed by atoms with van der Waals surface area (Å²) >= 11 is 3.04. The molecule has 0 amide bonds. The van der Waals surface area contributed by atoms with Crippen molar-refractivity contribution in [3.8, 4) is 0 Å². The van der Waals surface area contributed by atoms with Crippen LogP contribution in [0.15, 0.2) is 22.8 Å². The van der Waals surface area contributed by atoms with Gasteiger partial charge in [-0.2, -0.15) is 13.9 Å². The molecule has 0 fully saturated rings. The molecule has 92 valence electrons. The van der Waals surface area contributed by atoms with Gasteiger partial charge in [0.15, 0.2) is 0 Å². The van der Waals surface area contributed by atoms with Gasteiger partial charge in [-0.15, -0.1) is 0 Å². The third-order valence-corrected chi connectivity index (χ3v) is 3.87. The van der Waals surface area contributed by atoms with Crippen LogP contribution in [0, 0.1) is 0 Å². The summed E-state index contributed by atoms with van der Waals surface area (Å²) in [5.41, 5.74) is -4.73. The summed E-state index contributed by atoms with van der Waals surface area (Å²) in [5.74, 6) is 0. The van der Waals surface area contributed by atoms with E-state index in [0.717, 1.165) is 12.1 Å². The molecule has 0 saturated carbocycles. The van der Waals surface area contributed by atoms with Gasteiger partial charge in [0.25, 0.3) is 0 Å². The lowest BCUT2D eigenvalue weighted by Crippen LogP contribution is -2.13. The summed E-state index contributed by atoms with van der Waals surface area (Å²) in [6.45, 7) is 0. The van der Waals surface area contributed by atoms with E-state index in [9.17, 15) is 13.3 Å². The molecule has 0 unspecified atom stereocenters. The molecule has 2 aromatic rings. The van der Waals surface area contributed by atoms with Crippen LogP contribution in [0.3, 0.4) is 0 Å². The number of fused-ring (bicyclic) bond motifs is 1. The molecule has 1 aromatic heterocycles. The molecule has 0 bridgehead atoms. The number of H-pyrrole nitrogens is 1. The molecule has 17 heavy (non-hydrogen) atoms. The Hall–Kier alpha value is -0.820. The second kappa shape index (κ2) is 3.84. The number of hydrogen-bond acceptors (Lipinski definition) is 2. The van der Waals surface area contributed by atoms with Crippen molar-refractivity contribution in [1.29, 1.82) is 0 Å². The number of hydrogen-bond donors (Lipinski definition) is 3. The zero-order chi connectivity index (χ0) is 12.8. The molecule has 9 heteroatoms. The number of rotatable bonds is 2. The highest BCUT2D eigenvalue weighted by atomic mass is 79.9. The Bertz CT molecular complexity index is 624. The average Bonchev–Trinajstić information content (AvgIpc) is 2.64. The van der Waals surface area contributed by atoms with Crippen LogP contribution in [0.25, 0.3) is 10.9 Å². The van der Waals surface area contributed by atoms with Gasteiger partial charge in [-0.25, -0.2) is 0 Å². The first-order valence-electron chi connectivity index (χ1n) is 4.30. The van der Waals surface area contributed by atoms with Crippen LogP contribution in [0.4, 0.5) is 8.78 Å². The minimum absolute atomic E-state index is 0.266. The molecule has 0 saturated heterocycles. The lowest BCUT2D eigenvalue weighted by atomic mass is 10.2. The average molecular weight is 327 g/mol. The summed E-state index contributed by atoms with van der Waals surface area (Å²) in [5, 5.41) is 6.66. The zero-order valence-corrected chi connectivity index (χ0v) is 10.5. The van der Waals surface area contributed by atoms with E-state index < -0.39 is 18.8 Å². The molecule has 3 N–H and O–H groups in total. The van der Waals surface area contributed by atoms with Crippen molar-refractivity contribution in [3.05, 3.63) is 28.4 Å². The van der Waals surface area contributed by atoms with E-state index in [4.69, 9.17) is 9.79 Å². The monoisotopic (exact) mass is 326 g/mol. The Morgan fingerprint density at radius 1 is 1.41 bits per heavy atom. The normalized spacial score (nSPS) is 13.2. The molecular formula is C8H6BrF2N2O3P. The Kier molecular flexibility index (Phi) is 2.86. The number of benzene rings is 1. The number of halogens is 3. The van der Waals surface area contributed by atoms with Crippen LogP contribution >= 0.6 is 23.5 Å². The topological polar surface area (TPSA) is 86.2 Å². The largest absolute Gasteiger partial charge is 0.399 e. The SMILES string of the molecule is O=P(O)(O)C(F)(F)c1cc(Br)c2cn[nH]c2c1. The fourth-order valence-corrected chi connectivity index (χ4v) is 2.38. The first-order valence-corrected chi connectivity index (χ1v) is 6.70. The van der Waals surface area contributed by atoms with E-state index in [-0.39, 0.29) is 9.99 Å².